The van der Waals surface area contributed by atoms with Gasteiger partial charge in [0.05, 0.1) is 19.8 Å². The first-order chi connectivity index (χ1) is 10.1. The summed E-state index contributed by atoms with van der Waals surface area (Å²) in [5.41, 5.74) is 0.153. The van der Waals surface area contributed by atoms with Crippen LogP contribution in [0.4, 0.5) is 5.69 Å². The molecule has 0 amide bonds. The monoisotopic (exact) mass is 293 g/mol. The average molecular weight is 293 g/mol. The number of anilines is 1. The van der Waals surface area contributed by atoms with Crippen LogP contribution in [0.5, 0.6) is 5.75 Å². The summed E-state index contributed by atoms with van der Waals surface area (Å²) in [5, 5.41) is 3.35. The Kier molecular flexibility index (Phi) is 5.07. The van der Waals surface area contributed by atoms with Crippen molar-refractivity contribution in [3.05, 3.63) is 24.3 Å². The molecule has 1 heterocycles. The van der Waals surface area contributed by atoms with Gasteiger partial charge in [0.1, 0.15) is 11.3 Å². The molecule has 0 spiro atoms. The summed E-state index contributed by atoms with van der Waals surface area (Å²) < 4.78 is 16.0. The topological polar surface area (TPSA) is 56.8 Å². The molecule has 1 aliphatic rings. The zero-order valence-corrected chi connectivity index (χ0v) is 12.8. The fourth-order valence-electron chi connectivity index (χ4n) is 2.66. The van der Waals surface area contributed by atoms with E-state index in [1.807, 2.05) is 38.1 Å². The van der Waals surface area contributed by atoms with Crippen molar-refractivity contribution in [2.75, 3.05) is 25.6 Å². The highest BCUT2D eigenvalue weighted by molar-refractivity contribution is 5.85. The lowest BCUT2D eigenvalue weighted by atomic mass is 9.86. The maximum atomic E-state index is 12.4. The van der Waals surface area contributed by atoms with E-state index in [0.717, 1.165) is 11.4 Å². The molecule has 21 heavy (non-hydrogen) atoms. The Bertz CT molecular complexity index is 474. The molecule has 0 aliphatic carbocycles. The molecular weight excluding hydrogens is 270 g/mol. The van der Waals surface area contributed by atoms with E-state index in [9.17, 15) is 4.79 Å². The van der Waals surface area contributed by atoms with Gasteiger partial charge in [0, 0.05) is 25.1 Å². The highest BCUT2D eigenvalue weighted by Gasteiger charge is 2.43. The van der Waals surface area contributed by atoms with Crippen LogP contribution in [0.15, 0.2) is 24.3 Å². The zero-order valence-electron chi connectivity index (χ0n) is 12.8. The molecule has 0 aromatic heterocycles. The van der Waals surface area contributed by atoms with Crippen LogP contribution in [0.2, 0.25) is 0 Å². The van der Waals surface area contributed by atoms with Crippen LogP contribution in [0.1, 0.15) is 26.7 Å². The molecular formula is C16H23NO4. The minimum absolute atomic E-state index is 0.0221. The molecule has 2 rings (SSSR count). The second-order valence-electron chi connectivity index (χ2n) is 5.29. The summed E-state index contributed by atoms with van der Waals surface area (Å²) in [6.07, 6.45) is 1.22. The summed E-state index contributed by atoms with van der Waals surface area (Å²) in [6.45, 7) is 4.72. The summed E-state index contributed by atoms with van der Waals surface area (Å²) in [5.74, 6) is 0.571. The number of benzene rings is 1. The quantitative estimate of drug-likeness (QED) is 0.846. The van der Waals surface area contributed by atoms with Gasteiger partial charge < -0.3 is 19.5 Å². The van der Waals surface area contributed by atoms with Crippen molar-refractivity contribution in [1.82, 2.24) is 0 Å². The van der Waals surface area contributed by atoms with Crippen molar-refractivity contribution >= 4 is 11.7 Å². The van der Waals surface area contributed by atoms with Crippen molar-refractivity contribution in [2.45, 2.75) is 38.3 Å². The first kappa shape index (κ1) is 15.6. The normalized spacial score (nSPS) is 25.2. The second-order valence-corrected chi connectivity index (χ2v) is 5.29. The van der Waals surface area contributed by atoms with E-state index in [2.05, 4.69) is 5.32 Å². The number of ether oxygens (including phenoxy) is 3. The Hall–Kier alpha value is -1.75. The van der Waals surface area contributed by atoms with Crippen LogP contribution < -0.4 is 10.1 Å². The maximum absolute atomic E-state index is 12.4. The summed E-state index contributed by atoms with van der Waals surface area (Å²) in [4.78, 5) is 12.4. The third kappa shape index (κ3) is 3.67. The smallest absolute Gasteiger partial charge is 0.331 e. The van der Waals surface area contributed by atoms with Gasteiger partial charge in [0.2, 0.25) is 0 Å². The molecule has 1 N–H and O–H groups in total. The number of hydrogen-bond donors (Lipinski definition) is 1. The van der Waals surface area contributed by atoms with Gasteiger partial charge in [-0.3, -0.25) is 0 Å². The van der Waals surface area contributed by atoms with E-state index in [4.69, 9.17) is 14.2 Å². The second kappa shape index (κ2) is 6.80. The van der Waals surface area contributed by atoms with Gasteiger partial charge in [0.25, 0.3) is 0 Å². The summed E-state index contributed by atoms with van der Waals surface area (Å²) in [7, 11) is 1.63. The molecule has 5 nitrogen and oxygen atoms in total. The standard InChI is InChI=1S/C16H23NO4/c1-4-20-15(18)16(9-10-21-12(2)11-16)17-13-5-7-14(19-3)8-6-13/h5-8,12,17H,4,9-11H2,1-3H3. The van der Waals surface area contributed by atoms with Crippen LogP contribution >= 0.6 is 0 Å². The summed E-state index contributed by atoms with van der Waals surface area (Å²) in [6, 6.07) is 7.54. The van der Waals surface area contributed by atoms with Crippen LogP contribution in [-0.4, -0.2) is 37.9 Å². The fraction of sp³-hybridized carbons (Fsp3) is 0.562. The first-order valence-electron chi connectivity index (χ1n) is 7.30. The van der Waals surface area contributed by atoms with Crippen LogP contribution in [-0.2, 0) is 14.3 Å². The Balaban J connectivity index is 2.20. The highest BCUT2D eigenvalue weighted by atomic mass is 16.5. The third-order valence-electron chi connectivity index (χ3n) is 3.71. The number of rotatable bonds is 5. The van der Waals surface area contributed by atoms with E-state index < -0.39 is 5.54 Å². The molecule has 0 bridgehead atoms. The van der Waals surface area contributed by atoms with Gasteiger partial charge in [-0.25, -0.2) is 4.79 Å². The van der Waals surface area contributed by atoms with Gasteiger partial charge in [-0.05, 0) is 38.1 Å². The number of hydrogen-bond acceptors (Lipinski definition) is 5. The Morgan fingerprint density at radius 1 is 1.43 bits per heavy atom. The van der Waals surface area contributed by atoms with E-state index in [-0.39, 0.29) is 12.1 Å². The van der Waals surface area contributed by atoms with E-state index in [1.165, 1.54) is 0 Å². The lowest BCUT2D eigenvalue weighted by molar-refractivity contribution is -0.153. The van der Waals surface area contributed by atoms with Crippen LogP contribution in [0.25, 0.3) is 0 Å². The lowest BCUT2D eigenvalue weighted by Gasteiger charge is -2.39. The highest BCUT2D eigenvalue weighted by Crippen LogP contribution is 2.31. The predicted molar refractivity (Wildman–Crippen MR) is 80.6 cm³/mol. The van der Waals surface area contributed by atoms with Gasteiger partial charge >= 0.3 is 5.97 Å². The maximum Gasteiger partial charge on any atom is 0.331 e. The molecule has 2 unspecified atom stereocenters. The number of methoxy groups -OCH3 is 1. The first-order valence-corrected chi connectivity index (χ1v) is 7.30. The van der Waals surface area contributed by atoms with Crippen molar-refractivity contribution in [3.63, 3.8) is 0 Å². The third-order valence-corrected chi connectivity index (χ3v) is 3.71. The molecule has 116 valence electrons. The fourth-order valence-corrected chi connectivity index (χ4v) is 2.66. The zero-order chi connectivity index (χ0) is 15.3. The molecule has 5 heteroatoms. The molecule has 1 aliphatic heterocycles. The molecule has 0 radical (unpaired) electrons. The minimum atomic E-state index is -0.720. The Morgan fingerprint density at radius 3 is 2.71 bits per heavy atom. The van der Waals surface area contributed by atoms with Crippen LogP contribution in [0, 0.1) is 0 Å². The number of carbonyl (C=O) groups is 1. The van der Waals surface area contributed by atoms with Gasteiger partial charge in [-0.15, -0.1) is 0 Å². The lowest BCUT2D eigenvalue weighted by Crippen LogP contribution is -2.53. The minimum Gasteiger partial charge on any atom is -0.497 e. The number of carbonyl (C=O) groups excluding carboxylic acids is 1. The Labute approximate surface area is 125 Å². The van der Waals surface area contributed by atoms with E-state index in [0.29, 0.717) is 26.1 Å². The molecule has 1 saturated heterocycles. The molecule has 0 saturated carbocycles. The SMILES string of the molecule is CCOC(=O)C1(Nc2ccc(OC)cc2)CCOC(C)C1. The Morgan fingerprint density at radius 2 is 2.14 bits per heavy atom. The van der Waals surface area contributed by atoms with Crippen molar-refractivity contribution < 1.29 is 19.0 Å². The van der Waals surface area contributed by atoms with E-state index in [1.54, 1.807) is 7.11 Å². The molecule has 2 atom stereocenters. The summed E-state index contributed by atoms with van der Waals surface area (Å²) >= 11 is 0. The number of esters is 1. The van der Waals surface area contributed by atoms with Gasteiger partial charge in [-0.1, -0.05) is 0 Å². The van der Waals surface area contributed by atoms with Gasteiger partial charge in [0.15, 0.2) is 0 Å². The van der Waals surface area contributed by atoms with Crippen molar-refractivity contribution in [2.24, 2.45) is 0 Å². The van der Waals surface area contributed by atoms with Crippen molar-refractivity contribution in [1.29, 1.82) is 0 Å². The van der Waals surface area contributed by atoms with E-state index >= 15 is 0 Å². The predicted octanol–water partition coefficient (Wildman–Crippen LogP) is 2.61. The molecule has 1 aromatic carbocycles. The number of nitrogens with one attached hydrogen (secondary N) is 1. The average Bonchev–Trinajstić information content (AvgIpc) is 2.48. The van der Waals surface area contributed by atoms with Crippen LogP contribution in [0.3, 0.4) is 0 Å². The molecule has 1 fully saturated rings. The van der Waals surface area contributed by atoms with Gasteiger partial charge in [-0.2, -0.15) is 0 Å². The molecule has 1 aromatic rings. The largest absolute Gasteiger partial charge is 0.497 e. The van der Waals surface area contributed by atoms with Crippen molar-refractivity contribution in [3.8, 4) is 5.75 Å².